The third-order valence-electron chi connectivity index (χ3n) is 3.87. The molecule has 0 aliphatic carbocycles. The zero-order valence-corrected chi connectivity index (χ0v) is 12.9. The molecule has 1 aromatic heterocycles. The average molecular weight is 331 g/mol. The Morgan fingerprint density at radius 2 is 2.09 bits per heavy atom. The first-order valence-electron chi connectivity index (χ1n) is 7.42. The topological polar surface area (TPSA) is 63.2 Å². The van der Waals surface area contributed by atoms with Gasteiger partial charge in [0, 0.05) is 18.8 Å². The van der Waals surface area contributed by atoms with Crippen molar-refractivity contribution in [1.29, 1.82) is 0 Å². The van der Waals surface area contributed by atoms with E-state index in [1.807, 2.05) is 0 Å². The minimum atomic E-state index is -4.41. The van der Waals surface area contributed by atoms with Gasteiger partial charge in [-0.15, -0.1) is 0 Å². The normalized spacial score (nSPS) is 17.6. The van der Waals surface area contributed by atoms with E-state index >= 15 is 0 Å². The zero-order chi connectivity index (χ0) is 16.9. The van der Waals surface area contributed by atoms with Crippen LogP contribution in [0.4, 0.5) is 13.2 Å². The van der Waals surface area contributed by atoms with Gasteiger partial charge in [-0.25, -0.2) is 4.98 Å². The minimum Gasteiger partial charge on any atom is -0.468 e. The summed E-state index contributed by atoms with van der Waals surface area (Å²) in [6.45, 7) is 3.14. The fraction of sp³-hybridized carbons (Fsp3) is 0.600. The van der Waals surface area contributed by atoms with Gasteiger partial charge in [0.2, 0.25) is 5.88 Å². The summed E-state index contributed by atoms with van der Waals surface area (Å²) in [7, 11) is 0. The lowest BCUT2D eigenvalue weighted by atomic mass is 9.81. The van der Waals surface area contributed by atoms with E-state index in [4.69, 9.17) is 0 Å². The molecule has 1 amide bonds. The number of hydrogen-bond acceptors (Lipinski definition) is 4. The van der Waals surface area contributed by atoms with Crippen molar-refractivity contribution in [2.24, 2.45) is 5.41 Å². The highest BCUT2D eigenvalue weighted by atomic mass is 19.4. The van der Waals surface area contributed by atoms with Crippen LogP contribution < -0.4 is 15.4 Å². The number of aromatic nitrogens is 1. The van der Waals surface area contributed by atoms with Gasteiger partial charge in [0.15, 0.2) is 6.61 Å². The van der Waals surface area contributed by atoms with E-state index in [9.17, 15) is 18.0 Å². The Morgan fingerprint density at radius 3 is 2.65 bits per heavy atom. The van der Waals surface area contributed by atoms with Crippen molar-refractivity contribution in [3.05, 3.63) is 23.9 Å². The Balaban J connectivity index is 1.85. The molecule has 2 heterocycles. The number of amides is 1. The van der Waals surface area contributed by atoms with Crippen LogP contribution in [0.1, 0.15) is 30.1 Å². The predicted molar refractivity (Wildman–Crippen MR) is 78.3 cm³/mol. The average Bonchev–Trinajstić information content (AvgIpc) is 2.51. The fourth-order valence-corrected chi connectivity index (χ4v) is 2.36. The Bertz CT molecular complexity index is 526. The third-order valence-corrected chi connectivity index (χ3v) is 3.87. The van der Waals surface area contributed by atoms with Gasteiger partial charge in [-0.1, -0.05) is 6.92 Å². The fourth-order valence-electron chi connectivity index (χ4n) is 2.36. The summed E-state index contributed by atoms with van der Waals surface area (Å²) in [5.74, 6) is -0.455. The largest absolute Gasteiger partial charge is 0.468 e. The molecule has 2 N–H and O–H groups in total. The van der Waals surface area contributed by atoms with Crippen LogP contribution in [-0.4, -0.2) is 43.3 Å². The molecule has 0 aromatic carbocycles. The second-order valence-corrected chi connectivity index (χ2v) is 6.03. The Morgan fingerprint density at radius 1 is 1.39 bits per heavy atom. The number of hydrogen-bond donors (Lipinski definition) is 2. The van der Waals surface area contributed by atoms with Crippen molar-refractivity contribution in [3.63, 3.8) is 0 Å². The first-order chi connectivity index (χ1) is 10.8. The lowest BCUT2D eigenvalue weighted by molar-refractivity contribution is -0.154. The number of nitrogens with zero attached hydrogens (tertiary/aromatic N) is 1. The molecule has 0 radical (unpaired) electrons. The molecule has 0 atom stereocenters. The van der Waals surface area contributed by atoms with Gasteiger partial charge < -0.3 is 15.4 Å². The molecule has 1 aliphatic heterocycles. The predicted octanol–water partition coefficient (Wildman–Crippen LogP) is 2.14. The van der Waals surface area contributed by atoms with Crippen molar-refractivity contribution < 1.29 is 22.7 Å². The maximum atomic E-state index is 12.1. The van der Waals surface area contributed by atoms with E-state index in [0.717, 1.165) is 25.9 Å². The highest BCUT2D eigenvalue weighted by molar-refractivity contribution is 5.93. The maximum absolute atomic E-state index is 12.1. The molecule has 8 heteroatoms. The highest BCUT2D eigenvalue weighted by Gasteiger charge is 2.29. The van der Waals surface area contributed by atoms with E-state index in [1.165, 1.54) is 18.3 Å². The SMILES string of the molecule is CC1(CNC(=O)c2ccc(OCC(F)(F)F)nc2)CCNCC1. The summed E-state index contributed by atoms with van der Waals surface area (Å²) in [4.78, 5) is 15.8. The van der Waals surface area contributed by atoms with E-state index in [-0.39, 0.29) is 17.2 Å². The Labute approximate surface area is 132 Å². The van der Waals surface area contributed by atoms with Gasteiger partial charge in [-0.3, -0.25) is 4.79 Å². The van der Waals surface area contributed by atoms with Crippen LogP contribution in [-0.2, 0) is 0 Å². The number of nitrogens with one attached hydrogen (secondary N) is 2. The summed E-state index contributed by atoms with van der Waals surface area (Å²) in [6.07, 6.45) is -1.24. The van der Waals surface area contributed by atoms with Crippen molar-refractivity contribution in [2.45, 2.75) is 25.9 Å². The van der Waals surface area contributed by atoms with Crippen LogP contribution in [0.2, 0.25) is 0 Å². The zero-order valence-electron chi connectivity index (χ0n) is 12.9. The molecule has 2 rings (SSSR count). The van der Waals surface area contributed by atoms with Crippen molar-refractivity contribution in [3.8, 4) is 5.88 Å². The van der Waals surface area contributed by atoms with E-state index < -0.39 is 12.8 Å². The smallest absolute Gasteiger partial charge is 0.422 e. The van der Waals surface area contributed by atoms with Crippen LogP contribution in [0.25, 0.3) is 0 Å². The van der Waals surface area contributed by atoms with Gasteiger partial charge >= 0.3 is 6.18 Å². The molecule has 1 fully saturated rings. The summed E-state index contributed by atoms with van der Waals surface area (Å²) >= 11 is 0. The lowest BCUT2D eigenvalue weighted by Crippen LogP contribution is -2.42. The van der Waals surface area contributed by atoms with Crippen LogP contribution in [0.5, 0.6) is 5.88 Å². The number of ether oxygens (including phenoxy) is 1. The van der Waals surface area contributed by atoms with E-state index in [0.29, 0.717) is 12.1 Å². The molecule has 1 aliphatic rings. The molecule has 0 bridgehead atoms. The van der Waals surface area contributed by atoms with Crippen molar-refractivity contribution in [1.82, 2.24) is 15.6 Å². The number of carbonyl (C=O) groups is 1. The van der Waals surface area contributed by atoms with Crippen LogP contribution in [0.15, 0.2) is 18.3 Å². The number of halogens is 3. The molecule has 1 aromatic rings. The second kappa shape index (κ2) is 7.16. The highest BCUT2D eigenvalue weighted by Crippen LogP contribution is 2.26. The molecule has 0 unspecified atom stereocenters. The number of alkyl halides is 3. The van der Waals surface area contributed by atoms with Gasteiger partial charge in [0.1, 0.15) is 0 Å². The first kappa shape index (κ1) is 17.5. The summed E-state index contributed by atoms with van der Waals surface area (Å²) in [5.41, 5.74) is 0.353. The Kier molecular flexibility index (Phi) is 5.46. The van der Waals surface area contributed by atoms with E-state index in [2.05, 4.69) is 27.3 Å². The number of pyridine rings is 1. The standard InChI is InChI=1S/C15H20F3N3O2/c1-14(4-6-19-7-5-14)9-21-13(22)11-2-3-12(20-8-11)23-10-15(16,17)18/h2-3,8,19H,4-7,9-10H2,1H3,(H,21,22). The monoisotopic (exact) mass is 331 g/mol. The van der Waals surface area contributed by atoms with Crippen LogP contribution in [0.3, 0.4) is 0 Å². The minimum absolute atomic E-state index is 0.0596. The van der Waals surface area contributed by atoms with Crippen molar-refractivity contribution >= 4 is 5.91 Å². The lowest BCUT2D eigenvalue weighted by Gasteiger charge is -2.34. The molecule has 0 spiro atoms. The van der Waals surface area contributed by atoms with Gasteiger partial charge in [-0.05, 0) is 37.4 Å². The van der Waals surface area contributed by atoms with Gasteiger partial charge in [-0.2, -0.15) is 13.2 Å². The molecular formula is C15H20F3N3O2. The quantitative estimate of drug-likeness (QED) is 0.868. The van der Waals surface area contributed by atoms with Crippen LogP contribution >= 0.6 is 0 Å². The Hall–Kier alpha value is -1.83. The summed E-state index contributed by atoms with van der Waals surface area (Å²) in [5, 5.41) is 6.13. The maximum Gasteiger partial charge on any atom is 0.422 e. The molecule has 23 heavy (non-hydrogen) atoms. The first-order valence-corrected chi connectivity index (χ1v) is 7.42. The number of rotatable bonds is 5. The van der Waals surface area contributed by atoms with Crippen molar-refractivity contribution in [2.75, 3.05) is 26.2 Å². The number of carbonyl (C=O) groups excluding carboxylic acids is 1. The molecule has 5 nitrogen and oxygen atoms in total. The molecular weight excluding hydrogens is 311 g/mol. The molecule has 1 saturated heterocycles. The summed E-state index contributed by atoms with van der Waals surface area (Å²) < 4.78 is 40.6. The number of piperidine rings is 1. The summed E-state index contributed by atoms with van der Waals surface area (Å²) in [6, 6.07) is 2.66. The molecule has 0 saturated carbocycles. The molecule has 128 valence electrons. The third kappa shape index (κ3) is 5.70. The van der Waals surface area contributed by atoms with Crippen LogP contribution in [0, 0.1) is 5.41 Å². The van der Waals surface area contributed by atoms with Gasteiger partial charge in [0.05, 0.1) is 5.56 Å². The van der Waals surface area contributed by atoms with Gasteiger partial charge in [0.25, 0.3) is 5.91 Å². The second-order valence-electron chi connectivity index (χ2n) is 6.03. The van der Waals surface area contributed by atoms with E-state index in [1.54, 1.807) is 0 Å².